The van der Waals surface area contributed by atoms with Gasteiger partial charge in [0.1, 0.15) is 11.6 Å². The van der Waals surface area contributed by atoms with E-state index < -0.39 is 5.82 Å². The minimum Gasteiger partial charge on any atom is -0.207 e. The summed E-state index contributed by atoms with van der Waals surface area (Å²) >= 11 is 0. The molecule has 0 aliphatic rings. The van der Waals surface area contributed by atoms with Gasteiger partial charge in [0, 0.05) is 16.7 Å². The Morgan fingerprint density at radius 1 is 0.559 bits per heavy atom. The van der Waals surface area contributed by atoms with E-state index in [1.165, 1.54) is 37.0 Å². The molecule has 0 aliphatic carbocycles. The van der Waals surface area contributed by atoms with Crippen LogP contribution in [0.1, 0.15) is 85.8 Å². The molecule has 0 saturated heterocycles. The average molecular weight is 455 g/mol. The van der Waals surface area contributed by atoms with Gasteiger partial charge in [0.05, 0.1) is 5.56 Å². The van der Waals surface area contributed by atoms with E-state index in [4.69, 9.17) is 0 Å². The summed E-state index contributed by atoms with van der Waals surface area (Å²) in [6.07, 6.45) is 8.61. The molecule has 0 atom stereocenters. The predicted molar refractivity (Wildman–Crippen MR) is 138 cm³/mol. The van der Waals surface area contributed by atoms with Gasteiger partial charge < -0.3 is 0 Å². The lowest BCUT2D eigenvalue weighted by Crippen LogP contribution is -1.92. The van der Waals surface area contributed by atoms with Gasteiger partial charge in [-0.25, -0.2) is 8.78 Å². The van der Waals surface area contributed by atoms with Crippen LogP contribution in [0.25, 0.3) is 0 Å². The Balaban J connectivity index is 1.64. The first-order valence-electron chi connectivity index (χ1n) is 12.3. The highest BCUT2D eigenvalue weighted by Gasteiger charge is 2.03. The molecule has 0 saturated carbocycles. The van der Waals surface area contributed by atoms with Gasteiger partial charge in [-0.2, -0.15) is 0 Å². The number of halogens is 2. The molecule has 174 valence electrons. The molecule has 0 unspecified atom stereocenters. The van der Waals surface area contributed by atoms with E-state index in [0.29, 0.717) is 16.7 Å². The lowest BCUT2D eigenvalue weighted by Gasteiger charge is -2.03. The molecule has 3 aromatic rings. The van der Waals surface area contributed by atoms with Crippen LogP contribution in [0.15, 0.2) is 60.7 Å². The number of hydrogen-bond donors (Lipinski definition) is 0. The quantitative estimate of drug-likeness (QED) is 0.237. The number of hydrogen-bond acceptors (Lipinski definition) is 0. The summed E-state index contributed by atoms with van der Waals surface area (Å²) in [5, 5.41) is 0. The summed E-state index contributed by atoms with van der Waals surface area (Å²) < 4.78 is 28.9. The number of aryl methyl sites for hydroxylation is 2. The van der Waals surface area contributed by atoms with Gasteiger partial charge in [-0.05, 0) is 79.3 Å². The first kappa shape index (κ1) is 25.3. The Morgan fingerprint density at radius 2 is 1.18 bits per heavy atom. The van der Waals surface area contributed by atoms with Crippen molar-refractivity contribution in [2.75, 3.05) is 0 Å². The largest absolute Gasteiger partial charge is 0.207 e. The van der Waals surface area contributed by atoms with Crippen LogP contribution in [-0.2, 0) is 12.8 Å². The highest BCUT2D eigenvalue weighted by molar-refractivity contribution is 5.49. The molecule has 0 heterocycles. The molecule has 0 radical (unpaired) electrons. The Labute approximate surface area is 203 Å². The maximum atomic E-state index is 14.5. The summed E-state index contributed by atoms with van der Waals surface area (Å²) in [6, 6.07) is 18.0. The van der Waals surface area contributed by atoms with Gasteiger partial charge >= 0.3 is 0 Å². The topological polar surface area (TPSA) is 0 Å². The summed E-state index contributed by atoms with van der Waals surface area (Å²) in [5.74, 6) is 11.2. The van der Waals surface area contributed by atoms with Crippen LogP contribution in [-0.4, -0.2) is 0 Å². The van der Waals surface area contributed by atoms with Gasteiger partial charge in [0.2, 0.25) is 0 Å². The number of benzene rings is 3. The van der Waals surface area contributed by atoms with Crippen molar-refractivity contribution in [3.63, 3.8) is 0 Å². The fraction of sp³-hybridized carbons (Fsp3) is 0.312. The summed E-state index contributed by atoms with van der Waals surface area (Å²) in [5.41, 5.74) is 4.33. The second-order valence-corrected chi connectivity index (χ2v) is 8.61. The first-order valence-corrected chi connectivity index (χ1v) is 12.3. The van der Waals surface area contributed by atoms with Crippen molar-refractivity contribution in [3.8, 4) is 23.7 Å². The van der Waals surface area contributed by atoms with Crippen LogP contribution in [0, 0.1) is 35.3 Å². The van der Waals surface area contributed by atoms with Crippen molar-refractivity contribution in [1.29, 1.82) is 0 Å². The van der Waals surface area contributed by atoms with E-state index in [2.05, 4.69) is 49.7 Å². The fourth-order valence-electron chi connectivity index (χ4n) is 3.68. The van der Waals surface area contributed by atoms with Crippen LogP contribution >= 0.6 is 0 Å². The molecule has 0 bridgehead atoms. The maximum Gasteiger partial charge on any atom is 0.140 e. The molecule has 3 rings (SSSR count). The van der Waals surface area contributed by atoms with E-state index in [0.717, 1.165) is 43.2 Å². The van der Waals surface area contributed by atoms with Crippen molar-refractivity contribution in [3.05, 3.63) is 106 Å². The molecule has 0 aliphatic heterocycles. The number of rotatable bonds is 8. The van der Waals surface area contributed by atoms with Crippen LogP contribution in [0.2, 0.25) is 0 Å². The Morgan fingerprint density at radius 3 is 1.82 bits per heavy atom. The third-order valence-electron chi connectivity index (χ3n) is 5.79. The molecule has 0 nitrogen and oxygen atoms in total. The van der Waals surface area contributed by atoms with Crippen LogP contribution in [0.3, 0.4) is 0 Å². The predicted octanol–water partition coefficient (Wildman–Crippen LogP) is 8.23. The minimum atomic E-state index is -0.410. The zero-order valence-electron chi connectivity index (χ0n) is 20.2. The molecule has 3 aromatic carbocycles. The normalized spacial score (nSPS) is 10.2. The van der Waals surface area contributed by atoms with Crippen molar-refractivity contribution in [2.45, 2.75) is 65.2 Å². The molecule has 34 heavy (non-hydrogen) atoms. The zero-order valence-corrected chi connectivity index (χ0v) is 20.2. The van der Waals surface area contributed by atoms with E-state index >= 15 is 0 Å². The highest BCUT2D eigenvalue weighted by atomic mass is 19.1. The molecular formula is C32H32F2. The molecular weight excluding hydrogens is 422 g/mol. The molecule has 2 heteroatoms. The molecule has 0 aromatic heterocycles. The molecule has 0 spiro atoms. The van der Waals surface area contributed by atoms with Crippen LogP contribution < -0.4 is 0 Å². The van der Waals surface area contributed by atoms with Gasteiger partial charge in [0.25, 0.3) is 0 Å². The van der Waals surface area contributed by atoms with Gasteiger partial charge in [0.15, 0.2) is 0 Å². The second-order valence-electron chi connectivity index (χ2n) is 8.61. The SMILES string of the molecule is CCCCCCc1ccc(C#Cc2ccc(C#Cc3ccc(CCCC)cc3)c(F)c2)cc1F. The summed E-state index contributed by atoms with van der Waals surface area (Å²) in [7, 11) is 0. The molecule has 0 fully saturated rings. The van der Waals surface area contributed by atoms with Gasteiger partial charge in [-0.3, -0.25) is 0 Å². The lowest BCUT2D eigenvalue weighted by molar-refractivity contribution is 0.593. The third-order valence-corrected chi connectivity index (χ3v) is 5.79. The van der Waals surface area contributed by atoms with E-state index in [9.17, 15) is 8.78 Å². The van der Waals surface area contributed by atoms with Crippen molar-refractivity contribution in [1.82, 2.24) is 0 Å². The second kappa shape index (κ2) is 13.4. The molecule has 0 amide bonds. The maximum absolute atomic E-state index is 14.5. The Kier molecular flexibility index (Phi) is 9.94. The van der Waals surface area contributed by atoms with Crippen molar-refractivity contribution >= 4 is 0 Å². The van der Waals surface area contributed by atoms with Crippen molar-refractivity contribution < 1.29 is 8.78 Å². The van der Waals surface area contributed by atoms with Gasteiger partial charge in [-0.1, -0.05) is 81.4 Å². The van der Waals surface area contributed by atoms with Crippen molar-refractivity contribution in [2.24, 2.45) is 0 Å². The van der Waals surface area contributed by atoms with E-state index in [1.54, 1.807) is 18.2 Å². The van der Waals surface area contributed by atoms with Crippen LogP contribution in [0.5, 0.6) is 0 Å². The van der Waals surface area contributed by atoms with E-state index in [-0.39, 0.29) is 5.82 Å². The van der Waals surface area contributed by atoms with E-state index in [1.807, 2.05) is 18.2 Å². The van der Waals surface area contributed by atoms with Gasteiger partial charge in [-0.15, -0.1) is 0 Å². The standard InChI is InChI=1S/C32H32F2/c1-3-5-7-8-10-29-21-18-27(23-31(29)33)15-16-28-19-22-30(32(34)24-28)20-17-26-13-11-25(12-14-26)9-6-4-2/h11-14,18-19,21-24H,3-10H2,1-2H3. The summed E-state index contributed by atoms with van der Waals surface area (Å²) in [4.78, 5) is 0. The monoisotopic (exact) mass is 454 g/mol. The molecule has 0 N–H and O–H groups in total. The average Bonchev–Trinajstić information content (AvgIpc) is 2.85. The minimum absolute atomic E-state index is 0.224. The Bertz CT molecular complexity index is 1200. The highest BCUT2D eigenvalue weighted by Crippen LogP contribution is 2.15. The lowest BCUT2D eigenvalue weighted by atomic mass is 10.0. The third kappa shape index (κ3) is 7.90. The smallest absolute Gasteiger partial charge is 0.140 e. The zero-order chi connectivity index (χ0) is 24.2. The summed E-state index contributed by atoms with van der Waals surface area (Å²) in [6.45, 7) is 4.34. The number of unbranched alkanes of at least 4 members (excludes halogenated alkanes) is 4. The fourth-order valence-corrected chi connectivity index (χ4v) is 3.68. The van der Waals surface area contributed by atoms with Crippen LogP contribution in [0.4, 0.5) is 8.78 Å². The first-order chi connectivity index (χ1) is 16.6. The Hall–Kier alpha value is -3.36.